The summed E-state index contributed by atoms with van der Waals surface area (Å²) in [6.45, 7) is 2.23. The van der Waals surface area contributed by atoms with Crippen molar-refractivity contribution in [2.45, 2.75) is 20.0 Å². The van der Waals surface area contributed by atoms with Crippen LogP contribution < -0.4 is 10.6 Å². The monoisotopic (exact) mass is 410 g/mol. The smallest absolute Gasteiger partial charge is 0.313 e. The molecule has 3 rings (SSSR count). The van der Waals surface area contributed by atoms with Gasteiger partial charge in [0.25, 0.3) is 0 Å². The molecule has 0 radical (unpaired) electrons. The van der Waals surface area contributed by atoms with Gasteiger partial charge in [0.1, 0.15) is 0 Å². The number of hydrogen-bond acceptors (Lipinski definition) is 4. The molecule has 0 spiro atoms. The number of rotatable bonds is 6. The van der Waals surface area contributed by atoms with Gasteiger partial charge in [-0.1, -0.05) is 48.0 Å². The van der Waals surface area contributed by atoms with E-state index < -0.39 is 11.8 Å². The lowest BCUT2D eigenvalue weighted by molar-refractivity contribution is -0.136. The Balaban J connectivity index is 1.51. The van der Waals surface area contributed by atoms with Gasteiger partial charge < -0.3 is 10.6 Å². The van der Waals surface area contributed by atoms with E-state index in [2.05, 4.69) is 15.7 Å². The van der Waals surface area contributed by atoms with Gasteiger partial charge in [-0.25, -0.2) is 0 Å². The first kappa shape index (κ1) is 20.3. The number of nitrogens with zero attached hydrogens (tertiary/aromatic N) is 2. The fraction of sp³-hybridized carbons (Fsp3) is 0.143. The Morgan fingerprint density at radius 3 is 2.41 bits per heavy atom. The lowest BCUT2D eigenvalue weighted by Gasteiger charge is -2.08. The highest BCUT2D eigenvalue weighted by Crippen LogP contribution is 2.12. The molecule has 2 N–H and O–H groups in total. The average Bonchev–Trinajstić information content (AvgIpc) is 3.12. The van der Waals surface area contributed by atoms with Crippen molar-refractivity contribution in [2.24, 2.45) is 0 Å². The Labute approximate surface area is 172 Å². The van der Waals surface area contributed by atoms with E-state index in [0.717, 1.165) is 11.1 Å². The number of carbonyl (C=O) groups excluding carboxylic acids is 3. The first-order valence-corrected chi connectivity index (χ1v) is 9.24. The zero-order valence-electron chi connectivity index (χ0n) is 15.7. The molecule has 3 aromatic rings. The van der Waals surface area contributed by atoms with Crippen molar-refractivity contribution < 1.29 is 14.4 Å². The molecule has 0 saturated carbocycles. The minimum atomic E-state index is -0.794. The molecule has 0 fully saturated rings. The predicted molar refractivity (Wildman–Crippen MR) is 110 cm³/mol. The molecule has 0 atom stereocenters. The molecule has 0 saturated heterocycles. The molecular formula is C21H19ClN4O3. The number of hydrogen-bond donors (Lipinski definition) is 2. The Bertz CT molecular complexity index is 1040. The summed E-state index contributed by atoms with van der Waals surface area (Å²) in [7, 11) is 0. The van der Waals surface area contributed by atoms with Crippen molar-refractivity contribution in [3.05, 3.63) is 82.6 Å². The standard InChI is InChI=1S/C21H19ClN4O3/c1-14(27)17-3-2-4-19(9-17)25-21(29)20(28)23-10-15-5-7-16(8-6-15)12-26-13-18(22)11-24-26/h2-9,11,13H,10,12H2,1H3,(H,23,28)(H,25,29). The number of aromatic nitrogens is 2. The molecule has 2 amide bonds. The molecule has 0 aliphatic carbocycles. The summed E-state index contributed by atoms with van der Waals surface area (Å²) in [5.74, 6) is -1.67. The van der Waals surface area contributed by atoms with E-state index in [0.29, 0.717) is 22.8 Å². The SMILES string of the molecule is CC(=O)c1cccc(NC(=O)C(=O)NCc2ccc(Cn3cc(Cl)cn3)cc2)c1. The topological polar surface area (TPSA) is 93.1 Å². The summed E-state index contributed by atoms with van der Waals surface area (Å²) in [6, 6.07) is 14.0. The molecule has 8 heteroatoms. The van der Waals surface area contributed by atoms with Crippen LogP contribution in [-0.2, 0) is 22.7 Å². The normalized spacial score (nSPS) is 10.4. The van der Waals surface area contributed by atoms with Crippen LogP contribution in [-0.4, -0.2) is 27.4 Å². The van der Waals surface area contributed by atoms with Crippen molar-refractivity contribution in [3.63, 3.8) is 0 Å². The summed E-state index contributed by atoms with van der Waals surface area (Å²) in [6.07, 6.45) is 3.31. The van der Waals surface area contributed by atoms with Crippen molar-refractivity contribution >= 4 is 34.9 Å². The summed E-state index contributed by atoms with van der Waals surface area (Å²) < 4.78 is 1.73. The number of Topliss-reactive ketones (excluding diaryl/α,β-unsaturated/α-hetero) is 1. The van der Waals surface area contributed by atoms with Crippen LogP contribution in [0.2, 0.25) is 5.02 Å². The third kappa shape index (κ3) is 5.76. The Hall–Kier alpha value is -3.45. The zero-order chi connectivity index (χ0) is 20.8. The molecule has 0 bridgehead atoms. The second-order valence-electron chi connectivity index (χ2n) is 6.45. The number of halogens is 1. The average molecular weight is 411 g/mol. The van der Waals surface area contributed by atoms with E-state index >= 15 is 0 Å². The van der Waals surface area contributed by atoms with Gasteiger partial charge in [-0.15, -0.1) is 0 Å². The molecule has 1 heterocycles. The highest BCUT2D eigenvalue weighted by molar-refractivity contribution is 6.39. The summed E-state index contributed by atoms with van der Waals surface area (Å²) >= 11 is 5.85. The van der Waals surface area contributed by atoms with E-state index in [1.54, 1.807) is 35.3 Å². The number of amides is 2. The van der Waals surface area contributed by atoms with Gasteiger partial charge in [0.05, 0.1) is 17.8 Å². The molecule has 0 unspecified atom stereocenters. The molecule has 0 aliphatic rings. The second kappa shape index (κ2) is 9.16. The van der Waals surface area contributed by atoms with Crippen LogP contribution in [0.3, 0.4) is 0 Å². The van der Waals surface area contributed by atoms with Crippen molar-refractivity contribution in [2.75, 3.05) is 5.32 Å². The van der Waals surface area contributed by atoms with Gasteiger partial charge >= 0.3 is 11.8 Å². The summed E-state index contributed by atoms with van der Waals surface area (Å²) in [5.41, 5.74) is 2.73. The van der Waals surface area contributed by atoms with E-state index in [-0.39, 0.29) is 12.3 Å². The minimum Gasteiger partial charge on any atom is -0.344 e. The lowest BCUT2D eigenvalue weighted by Crippen LogP contribution is -2.35. The number of ketones is 1. The Morgan fingerprint density at radius 2 is 1.76 bits per heavy atom. The first-order valence-electron chi connectivity index (χ1n) is 8.86. The molecular weight excluding hydrogens is 392 g/mol. The van der Waals surface area contributed by atoms with Crippen molar-refractivity contribution in [1.82, 2.24) is 15.1 Å². The Kier molecular flexibility index (Phi) is 6.41. The number of anilines is 1. The van der Waals surface area contributed by atoms with Crippen LogP contribution >= 0.6 is 11.6 Å². The maximum atomic E-state index is 12.0. The van der Waals surface area contributed by atoms with Crippen molar-refractivity contribution in [3.8, 4) is 0 Å². The maximum absolute atomic E-state index is 12.0. The van der Waals surface area contributed by atoms with E-state index in [9.17, 15) is 14.4 Å². The number of nitrogens with one attached hydrogen (secondary N) is 2. The molecule has 29 heavy (non-hydrogen) atoms. The second-order valence-corrected chi connectivity index (χ2v) is 6.88. The maximum Gasteiger partial charge on any atom is 0.313 e. The molecule has 0 aliphatic heterocycles. The number of benzene rings is 2. The van der Waals surface area contributed by atoms with Gasteiger partial charge in [-0.2, -0.15) is 5.10 Å². The largest absolute Gasteiger partial charge is 0.344 e. The number of carbonyl (C=O) groups is 3. The van der Waals surface area contributed by atoms with Crippen LogP contribution in [0.4, 0.5) is 5.69 Å². The highest BCUT2D eigenvalue weighted by Gasteiger charge is 2.14. The minimum absolute atomic E-state index is 0.121. The van der Waals surface area contributed by atoms with Gasteiger partial charge in [0.15, 0.2) is 5.78 Å². The van der Waals surface area contributed by atoms with Crippen molar-refractivity contribution in [1.29, 1.82) is 0 Å². The van der Waals surface area contributed by atoms with Crippen LogP contribution in [0.1, 0.15) is 28.4 Å². The third-order valence-electron chi connectivity index (χ3n) is 4.16. The Morgan fingerprint density at radius 1 is 1.03 bits per heavy atom. The van der Waals surface area contributed by atoms with E-state index in [1.165, 1.54) is 13.0 Å². The van der Waals surface area contributed by atoms with E-state index in [4.69, 9.17) is 11.6 Å². The van der Waals surface area contributed by atoms with Crippen LogP contribution in [0.25, 0.3) is 0 Å². The van der Waals surface area contributed by atoms with E-state index in [1.807, 2.05) is 24.3 Å². The highest BCUT2D eigenvalue weighted by atomic mass is 35.5. The molecule has 148 valence electrons. The fourth-order valence-electron chi connectivity index (χ4n) is 2.64. The fourth-order valence-corrected chi connectivity index (χ4v) is 2.80. The lowest BCUT2D eigenvalue weighted by atomic mass is 10.1. The predicted octanol–water partition coefficient (Wildman–Crippen LogP) is 3.04. The zero-order valence-corrected chi connectivity index (χ0v) is 16.4. The summed E-state index contributed by atoms with van der Waals surface area (Å²) in [5, 5.41) is 9.77. The summed E-state index contributed by atoms with van der Waals surface area (Å²) in [4.78, 5) is 35.5. The van der Waals surface area contributed by atoms with Gasteiger partial charge in [0, 0.05) is 24.0 Å². The van der Waals surface area contributed by atoms with Crippen LogP contribution in [0.15, 0.2) is 60.9 Å². The van der Waals surface area contributed by atoms with Gasteiger partial charge in [-0.3, -0.25) is 19.1 Å². The molecule has 2 aromatic carbocycles. The quantitative estimate of drug-likeness (QED) is 0.482. The first-order chi connectivity index (χ1) is 13.9. The van der Waals surface area contributed by atoms with Crippen LogP contribution in [0.5, 0.6) is 0 Å². The molecule has 7 nitrogen and oxygen atoms in total. The van der Waals surface area contributed by atoms with Gasteiger partial charge in [0.2, 0.25) is 0 Å². The molecule has 1 aromatic heterocycles. The third-order valence-corrected chi connectivity index (χ3v) is 4.35. The van der Waals surface area contributed by atoms with Gasteiger partial charge in [-0.05, 0) is 30.2 Å². The van der Waals surface area contributed by atoms with Crippen LogP contribution in [0, 0.1) is 0 Å².